The van der Waals surface area contributed by atoms with E-state index in [1.807, 2.05) is 6.92 Å². The first-order valence-electron chi connectivity index (χ1n) is 6.29. The smallest absolute Gasteiger partial charge is 0.308 e. The van der Waals surface area contributed by atoms with E-state index in [1.165, 1.54) is 0 Å². The summed E-state index contributed by atoms with van der Waals surface area (Å²) in [7, 11) is 1.58. The Morgan fingerprint density at radius 1 is 1.40 bits per heavy atom. The van der Waals surface area contributed by atoms with Gasteiger partial charge in [0.05, 0.1) is 18.6 Å². The van der Waals surface area contributed by atoms with Crippen LogP contribution < -0.4 is 4.74 Å². The molecule has 0 aromatic heterocycles. The van der Waals surface area contributed by atoms with Crippen molar-refractivity contribution < 1.29 is 19.4 Å². The average Bonchev–Trinajstić information content (AvgIpc) is 2.80. The minimum atomic E-state index is -0.836. The lowest BCUT2D eigenvalue weighted by Gasteiger charge is -2.17. The van der Waals surface area contributed by atoms with Crippen LogP contribution in [0.3, 0.4) is 0 Å². The van der Waals surface area contributed by atoms with Crippen molar-refractivity contribution in [2.45, 2.75) is 6.92 Å². The molecule has 1 aromatic carbocycles. The molecule has 1 saturated heterocycles. The number of hydrogen-bond donors (Lipinski definition) is 1. The number of likely N-dealkylation sites (tertiary alicyclic amines) is 1. The van der Waals surface area contributed by atoms with Crippen LogP contribution in [0.2, 0.25) is 0 Å². The molecule has 1 heterocycles. The summed E-state index contributed by atoms with van der Waals surface area (Å²) in [5.41, 5.74) is 0.588. The number of carboxylic acids is 1. The van der Waals surface area contributed by atoms with Crippen molar-refractivity contribution in [1.82, 2.24) is 4.90 Å². The van der Waals surface area contributed by atoms with E-state index in [0.717, 1.165) is 3.57 Å². The number of aliphatic carboxylic acids is 1. The fraction of sp³-hybridized carbons (Fsp3) is 0.429. The number of ether oxygens (including phenoxy) is 1. The van der Waals surface area contributed by atoms with E-state index in [0.29, 0.717) is 17.9 Å². The third-order valence-corrected chi connectivity index (χ3v) is 4.52. The number of carboxylic acid groups (broad SMARTS) is 1. The van der Waals surface area contributed by atoms with Crippen LogP contribution in [-0.2, 0) is 4.79 Å². The molecular weight excluding hydrogens is 373 g/mol. The summed E-state index contributed by atoms with van der Waals surface area (Å²) in [6.07, 6.45) is 0. The fourth-order valence-corrected chi connectivity index (χ4v) is 3.14. The first-order valence-corrected chi connectivity index (χ1v) is 7.37. The molecule has 0 unspecified atom stereocenters. The van der Waals surface area contributed by atoms with E-state index in [2.05, 4.69) is 22.6 Å². The summed E-state index contributed by atoms with van der Waals surface area (Å²) < 4.78 is 5.92. The number of benzene rings is 1. The van der Waals surface area contributed by atoms with E-state index in [4.69, 9.17) is 9.84 Å². The number of hydrogen-bond acceptors (Lipinski definition) is 3. The second kappa shape index (κ2) is 5.99. The number of carbonyl (C=O) groups is 2. The number of amides is 1. The molecular formula is C14H16INO4. The number of rotatable bonds is 3. The number of carbonyl (C=O) groups excluding carboxylic acids is 1. The van der Waals surface area contributed by atoms with Crippen molar-refractivity contribution >= 4 is 34.5 Å². The molecule has 1 aliphatic heterocycles. The molecule has 6 heteroatoms. The van der Waals surface area contributed by atoms with Gasteiger partial charge >= 0.3 is 5.97 Å². The van der Waals surface area contributed by atoms with Gasteiger partial charge in [0, 0.05) is 16.7 Å². The molecule has 0 spiro atoms. The van der Waals surface area contributed by atoms with Gasteiger partial charge in [0.2, 0.25) is 0 Å². The third kappa shape index (κ3) is 2.89. The van der Waals surface area contributed by atoms with Gasteiger partial charge in [-0.2, -0.15) is 0 Å². The van der Waals surface area contributed by atoms with Crippen LogP contribution in [-0.4, -0.2) is 42.1 Å². The standard InChI is InChI=1S/C14H16INO4/c1-8-6-16(7-11(8)14(18)19)13(17)10-4-3-9(20-2)5-12(10)15/h3-5,8,11H,6-7H2,1-2H3,(H,18,19)/t8-,11-/m1/s1. The average molecular weight is 389 g/mol. The normalized spacial score (nSPS) is 21.9. The first kappa shape index (κ1) is 15.1. The topological polar surface area (TPSA) is 66.8 Å². The van der Waals surface area contributed by atoms with E-state index in [-0.39, 0.29) is 18.4 Å². The van der Waals surface area contributed by atoms with E-state index < -0.39 is 11.9 Å². The summed E-state index contributed by atoms with van der Waals surface area (Å²) in [5, 5.41) is 9.12. The predicted octanol–water partition coefficient (Wildman–Crippen LogP) is 2.09. The van der Waals surface area contributed by atoms with Gasteiger partial charge in [-0.3, -0.25) is 9.59 Å². The lowest BCUT2D eigenvalue weighted by atomic mass is 9.99. The predicted molar refractivity (Wildman–Crippen MR) is 81.9 cm³/mol. The van der Waals surface area contributed by atoms with Gasteiger partial charge in [0.15, 0.2) is 0 Å². The van der Waals surface area contributed by atoms with Crippen molar-refractivity contribution in [3.8, 4) is 5.75 Å². The van der Waals surface area contributed by atoms with Crippen LogP contribution in [0.4, 0.5) is 0 Å². The number of methoxy groups -OCH3 is 1. The maximum Gasteiger partial charge on any atom is 0.308 e. The monoisotopic (exact) mass is 389 g/mol. The highest BCUT2D eigenvalue weighted by Gasteiger charge is 2.37. The van der Waals surface area contributed by atoms with E-state index >= 15 is 0 Å². The number of nitrogens with zero attached hydrogens (tertiary/aromatic N) is 1. The minimum Gasteiger partial charge on any atom is -0.497 e. The molecule has 2 atom stereocenters. The molecule has 1 aliphatic rings. The van der Waals surface area contributed by atoms with Gasteiger partial charge in [0.1, 0.15) is 5.75 Å². The summed E-state index contributed by atoms with van der Waals surface area (Å²) in [4.78, 5) is 25.2. The van der Waals surface area contributed by atoms with Gasteiger partial charge < -0.3 is 14.7 Å². The Balaban J connectivity index is 2.19. The molecule has 1 aromatic rings. The lowest BCUT2D eigenvalue weighted by Crippen LogP contribution is -2.30. The second-order valence-electron chi connectivity index (χ2n) is 4.98. The summed E-state index contributed by atoms with van der Waals surface area (Å²) >= 11 is 2.09. The van der Waals surface area contributed by atoms with Crippen molar-refractivity contribution in [2.75, 3.05) is 20.2 Å². The third-order valence-electron chi connectivity index (χ3n) is 3.62. The molecule has 1 N–H and O–H groups in total. The highest BCUT2D eigenvalue weighted by molar-refractivity contribution is 14.1. The number of halogens is 1. The SMILES string of the molecule is COc1ccc(C(=O)N2C[C@@H](C)[C@H](C(=O)O)C2)c(I)c1. The minimum absolute atomic E-state index is 0.0210. The molecule has 0 saturated carbocycles. The van der Waals surface area contributed by atoms with Crippen LogP contribution >= 0.6 is 22.6 Å². The first-order chi connectivity index (χ1) is 9.43. The fourth-order valence-electron chi connectivity index (χ4n) is 2.42. The van der Waals surface area contributed by atoms with Gasteiger partial charge in [-0.05, 0) is 46.7 Å². The van der Waals surface area contributed by atoms with Crippen molar-refractivity contribution in [2.24, 2.45) is 11.8 Å². The van der Waals surface area contributed by atoms with Gasteiger partial charge in [-0.25, -0.2) is 0 Å². The van der Waals surface area contributed by atoms with E-state index in [1.54, 1.807) is 30.2 Å². The lowest BCUT2D eigenvalue weighted by molar-refractivity contribution is -0.142. The summed E-state index contributed by atoms with van der Waals surface area (Å²) in [6, 6.07) is 5.26. The molecule has 5 nitrogen and oxygen atoms in total. The Morgan fingerprint density at radius 2 is 2.10 bits per heavy atom. The highest BCUT2D eigenvalue weighted by atomic mass is 127. The quantitative estimate of drug-likeness (QED) is 0.805. The van der Waals surface area contributed by atoms with Gasteiger partial charge in [-0.15, -0.1) is 0 Å². The Hall–Kier alpha value is -1.31. The molecule has 1 amide bonds. The maximum absolute atomic E-state index is 12.5. The molecule has 0 aliphatic carbocycles. The van der Waals surface area contributed by atoms with Crippen molar-refractivity contribution in [3.63, 3.8) is 0 Å². The largest absolute Gasteiger partial charge is 0.497 e. The molecule has 0 bridgehead atoms. The zero-order chi connectivity index (χ0) is 14.9. The molecule has 1 fully saturated rings. The highest BCUT2D eigenvalue weighted by Crippen LogP contribution is 2.27. The van der Waals surface area contributed by atoms with Crippen LogP contribution in [0, 0.1) is 15.4 Å². The van der Waals surface area contributed by atoms with Gasteiger partial charge in [0.25, 0.3) is 5.91 Å². The Labute approximate surface area is 131 Å². The van der Waals surface area contributed by atoms with Gasteiger partial charge in [-0.1, -0.05) is 6.92 Å². The summed E-state index contributed by atoms with van der Waals surface area (Å²) in [6.45, 7) is 2.63. The zero-order valence-corrected chi connectivity index (χ0v) is 13.5. The van der Waals surface area contributed by atoms with Crippen molar-refractivity contribution in [1.29, 1.82) is 0 Å². The zero-order valence-electron chi connectivity index (χ0n) is 11.3. The van der Waals surface area contributed by atoms with Crippen LogP contribution in [0.1, 0.15) is 17.3 Å². The van der Waals surface area contributed by atoms with Crippen LogP contribution in [0.15, 0.2) is 18.2 Å². The van der Waals surface area contributed by atoms with Crippen LogP contribution in [0.25, 0.3) is 0 Å². The maximum atomic E-state index is 12.5. The molecule has 108 valence electrons. The molecule has 0 radical (unpaired) electrons. The summed E-state index contributed by atoms with van der Waals surface area (Å²) in [5.74, 6) is -0.753. The molecule has 2 rings (SSSR count). The van der Waals surface area contributed by atoms with Crippen molar-refractivity contribution in [3.05, 3.63) is 27.3 Å². The molecule has 20 heavy (non-hydrogen) atoms. The van der Waals surface area contributed by atoms with E-state index in [9.17, 15) is 9.59 Å². The Bertz CT molecular complexity index is 546. The Kier molecular flexibility index (Phi) is 4.52. The Morgan fingerprint density at radius 3 is 2.60 bits per heavy atom. The second-order valence-corrected chi connectivity index (χ2v) is 6.14. The van der Waals surface area contributed by atoms with Crippen LogP contribution in [0.5, 0.6) is 5.75 Å².